The van der Waals surface area contributed by atoms with Crippen molar-refractivity contribution in [3.05, 3.63) is 35.1 Å². The number of aromatic carboxylic acids is 1. The van der Waals surface area contributed by atoms with Crippen LogP contribution >= 0.6 is 0 Å². The lowest BCUT2D eigenvalue weighted by Crippen LogP contribution is -2.26. The molecule has 0 aliphatic heterocycles. The maximum atomic E-state index is 13.4. The first-order valence-electron chi connectivity index (χ1n) is 5.95. The molecule has 5 heteroatoms. The number of rotatable bonds is 7. The summed E-state index contributed by atoms with van der Waals surface area (Å²) in [6, 6.07) is 3.67. The topological polar surface area (TPSA) is 69.6 Å². The number of hydrogen-bond acceptors (Lipinski definition) is 3. The van der Waals surface area contributed by atoms with Crippen LogP contribution in [0.5, 0.6) is 0 Å². The quantitative estimate of drug-likeness (QED) is 0.694. The number of aliphatic hydroxyl groups excluding tert-OH is 1. The highest BCUT2D eigenvalue weighted by atomic mass is 19.1. The number of nitrogens with one attached hydrogen (secondary N) is 1. The Morgan fingerprint density at radius 1 is 1.50 bits per heavy atom. The van der Waals surface area contributed by atoms with Gasteiger partial charge in [0.25, 0.3) is 0 Å². The Balaban J connectivity index is 2.56. The second-order valence-electron chi connectivity index (χ2n) is 4.18. The minimum atomic E-state index is -1.08. The summed E-state index contributed by atoms with van der Waals surface area (Å²) in [6.45, 7) is 2.54. The summed E-state index contributed by atoms with van der Waals surface area (Å²) < 4.78 is 13.4. The Morgan fingerprint density at radius 3 is 2.83 bits per heavy atom. The van der Waals surface area contributed by atoms with E-state index >= 15 is 0 Å². The molecule has 0 aliphatic carbocycles. The van der Waals surface area contributed by atoms with Crippen LogP contribution in [0, 0.1) is 5.82 Å². The number of aliphatic hydroxyl groups is 1. The van der Waals surface area contributed by atoms with Gasteiger partial charge in [-0.3, -0.25) is 0 Å². The Bertz CT molecular complexity index is 409. The normalized spacial score (nSPS) is 12.4. The number of carboxylic acid groups (broad SMARTS) is 1. The van der Waals surface area contributed by atoms with E-state index in [-0.39, 0.29) is 12.1 Å². The molecule has 18 heavy (non-hydrogen) atoms. The molecule has 0 saturated heterocycles. The molecule has 1 unspecified atom stereocenters. The summed E-state index contributed by atoms with van der Waals surface area (Å²) in [5.74, 6) is -1.53. The number of hydrogen-bond donors (Lipinski definition) is 3. The number of benzene rings is 1. The summed E-state index contributed by atoms with van der Waals surface area (Å²) in [4.78, 5) is 10.7. The van der Waals surface area contributed by atoms with E-state index in [2.05, 4.69) is 5.32 Å². The van der Waals surface area contributed by atoms with Gasteiger partial charge in [0, 0.05) is 18.7 Å². The molecule has 1 rings (SSSR count). The molecule has 1 aromatic carbocycles. The van der Waals surface area contributed by atoms with E-state index < -0.39 is 17.9 Å². The van der Waals surface area contributed by atoms with E-state index in [0.29, 0.717) is 18.5 Å². The highest BCUT2D eigenvalue weighted by Gasteiger charge is 2.09. The fourth-order valence-corrected chi connectivity index (χ4v) is 1.65. The molecule has 0 aliphatic rings. The van der Waals surface area contributed by atoms with Crippen molar-refractivity contribution in [3.8, 4) is 0 Å². The standard InChI is InChI=1S/C13H18FNO3/c1-2-3-11(16)8-15-7-10-6-9(13(17)18)4-5-12(10)14/h4-6,11,15-16H,2-3,7-8H2,1H3,(H,17,18). The van der Waals surface area contributed by atoms with Crippen molar-refractivity contribution in [1.29, 1.82) is 0 Å². The van der Waals surface area contributed by atoms with E-state index in [1.165, 1.54) is 12.1 Å². The van der Waals surface area contributed by atoms with Gasteiger partial charge in [-0.05, 0) is 24.6 Å². The number of carboxylic acids is 1. The highest BCUT2D eigenvalue weighted by Crippen LogP contribution is 2.10. The van der Waals surface area contributed by atoms with Crippen molar-refractivity contribution >= 4 is 5.97 Å². The van der Waals surface area contributed by atoms with E-state index in [0.717, 1.165) is 12.5 Å². The molecule has 0 bridgehead atoms. The van der Waals surface area contributed by atoms with E-state index in [4.69, 9.17) is 5.11 Å². The first-order valence-corrected chi connectivity index (χ1v) is 5.95. The highest BCUT2D eigenvalue weighted by molar-refractivity contribution is 5.87. The molecule has 0 amide bonds. The van der Waals surface area contributed by atoms with E-state index in [1.807, 2.05) is 6.92 Å². The molecule has 100 valence electrons. The van der Waals surface area contributed by atoms with Gasteiger partial charge in [0.1, 0.15) is 5.82 Å². The van der Waals surface area contributed by atoms with Crippen molar-refractivity contribution in [2.45, 2.75) is 32.4 Å². The molecule has 1 atom stereocenters. The van der Waals surface area contributed by atoms with Crippen LogP contribution in [0.4, 0.5) is 4.39 Å². The molecule has 0 radical (unpaired) electrons. The number of carbonyl (C=O) groups is 1. The van der Waals surface area contributed by atoms with Crippen molar-refractivity contribution in [3.63, 3.8) is 0 Å². The maximum Gasteiger partial charge on any atom is 0.335 e. The fraction of sp³-hybridized carbons (Fsp3) is 0.462. The lowest BCUT2D eigenvalue weighted by molar-refractivity contribution is 0.0696. The van der Waals surface area contributed by atoms with Crippen LogP contribution in [0.2, 0.25) is 0 Å². The zero-order valence-corrected chi connectivity index (χ0v) is 10.3. The van der Waals surface area contributed by atoms with Gasteiger partial charge in [0.2, 0.25) is 0 Å². The SMILES string of the molecule is CCCC(O)CNCc1cc(C(=O)O)ccc1F. The molecular formula is C13H18FNO3. The average molecular weight is 255 g/mol. The zero-order chi connectivity index (χ0) is 13.5. The van der Waals surface area contributed by atoms with Crippen LogP contribution in [0.15, 0.2) is 18.2 Å². The second-order valence-corrected chi connectivity index (χ2v) is 4.18. The molecule has 4 nitrogen and oxygen atoms in total. The molecule has 0 heterocycles. The summed E-state index contributed by atoms with van der Waals surface area (Å²) in [6.07, 6.45) is 1.11. The van der Waals surface area contributed by atoms with Crippen molar-refractivity contribution in [2.75, 3.05) is 6.54 Å². The molecule has 3 N–H and O–H groups in total. The first-order chi connectivity index (χ1) is 8.54. The van der Waals surface area contributed by atoms with E-state index in [1.54, 1.807) is 0 Å². The molecule has 0 spiro atoms. The van der Waals surface area contributed by atoms with Gasteiger partial charge in [-0.2, -0.15) is 0 Å². The van der Waals surface area contributed by atoms with Crippen LogP contribution in [0.3, 0.4) is 0 Å². The van der Waals surface area contributed by atoms with Gasteiger partial charge >= 0.3 is 5.97 Å². The van der Waals surface area contributed by atoms with Crippen molar-refractivity contribution < 1.29 is 19.4 Å². The average Bonchev–Trinajstić information content (AvgIpc) is 2.31. The molecule has 0 fully saturated rings. The third-order valence-electron chi connectivity index (χ3n) is 2.61. The Labute approximate surface area is 105 Å². The maximum absolute atomic E-state index is 13.4. The summed E-state index contributed by atoms with van der Waals surface area (Å²) in [5.41, 5.74) is 0.348. The minimum Gasteiger partial charge on any atom is -0.478 e. The molecule has 0 aromatic heterocycles. The van der Waals surface area contributed by atoms with Gasteiger partial charge in [0.15, 0.2) is 0 Å². The molecule has 0 saturated carbocycles. The van der Waals surface area contributed by atoms with Gasteiger partial charge in [-0.25, -0.2) is 9.18 Å². The zero-order valence-electron chi connectivity index (χ0n) is 10.3. The Kier molecular flexibility index (Phi) is 5.74. The van der Waals surface area contributed by atoms with Crippen LogP contribution < -0.4 is 5.32 Å². The Morgan fingerprint density at radius 2 is 2.22 bits per heavy atom. The minimum absolute atomic E-state index is 0.0577. The van der Waals surface area contributed by atoms with Crippen molar-refractivity contribution in [2.24, 2.45) is 0 Å². The monoisotopic (exact) mass is 255 g/mol. The third kappa shape index (κ3) is 4.43. The summed E-state index contributed by atoms with van der Waals surface area (Å²) in [7, 11) is 0. The third-order valence-corrected chi connectivity index (χ3v) is 2.61. The van der Waals surface area contributed by atoms with Crippen LogP contribution in [-0.2, 0) is 6.54 Å². The first kappa shape index (κ1) is 14.6. The van der Waals surface area contributed by atoms with Gasteiger partial charge in [-0.1, -0.05) is 13.3 Å². The number of halogens is 1. The van der Waals surface area contributed by atoms with Crippen molar-refractivity contribution in [1.82, 2.24) is 5.32 Å². The van der Waals surface area contributed by atoms with Gasteiger partial charge in [0.05, 0.1) is 11.7 Å². The predicted octanol–water partition coefficient (Wildman–Crippen LogP) is 1.77. The van der Waals surface area contributed by atoms with Gasteiger partial charge < -0.3 is 15.5 Å². The Hall–Kier alpha value is -1.46. The summed E-state index contributed by atoms with van der Waals surface area (Å²) in [5, 5.41) is 21.2. The smallest absolute Gasteiger partial charge is 0.335 e. The molecular weight excluding hydrogens is 237 g/mol. The van der Waals surface area contributed by atoms with E-state index in [9.17, 15) is 14.3 Å². The van der Waals surface area contributed by atoms with Crippen LogP contribution in [0.25, 0.3) is 0 Å². The van der Waals surface area contributed by atoms with Crippen LogP contribution in [-0.4, -0.2) is 28.8 Å². The van der Waals surface area contributed by atoms with Gasteiger partial charge in [-0.15, -0.1) is 0 Å². The fourth-order valence-electron chi connectivity index (χ4n) is 1.65. The lowest BCUT2D eigenvalue weighted by Gasteiger charge is -2.11. The van der Waals surface area contributed by atoms with Crippen LogP contribution in [0.1, 0.15) is 35.7 Å². The summed E-state index contributed by atoms with van der Waals surface area (Å²) >= 11 is 0. The lowest BCUT2D eigenvalue weighted by atomic mass is 10.1. The molecule has 1 aromatic rings. The predicted molar refractivity (Wildman–Crippen MR) is 66.0 cm³/mol. The largest absolute Gasteiger partial charge is 0.478 e. The second kappa shape index (κ2) is 7.08.